The Kier molecular flexibility index (Phi) is 4.57. The van der Waals surface area contributed by atoms with Crippen LogP contribution in [-0.2, 0) is 0 Å². The predicted molar refractivity (Wildman–Crippen MR) is 93.0 cm³/mol. The number of nitrogens with zero attached hydrogens (tertiary/aromatic N) is 2. The summed E-state index contributed by atoms with van der Waals surface area (Å²) in [5.74, 6) is -0.325. The molecule has 4 nitrogen and oxygen atoms in total. The molecule has 0 unspecified atom stereocenters. The van der Waals surface area contributed by atoms with E-state index in [0.717, 1.165) is 5.69 Å². The van der Waals surface area contributed by atoms with E-state index >= 15 is 0 Å². The standard InChI is InChI=1S/C16H10Cl3N3O/c17-11-1-4-13(5-2-11)22-9-10(8-20-22)16(23)21-15-7-12(18)3-6-14(15)19/h1-9H,(H,21,23). The number of carbonyl (C=O) groups excluding carboxylic acids is 1. The highest BCUT2D eigenvalue weighted by Crippen LogP contribution is 2.26. The second-order valence-corrected chi connectivity index (χ2v) is 6.01. The van der Waals surface area contributed by atoms with Gasteiger partial charge in [-0.2, -0.15) is 5.10 Å². The van der Waals surface area contributed by atoms with Crippen LogP contribution in [0.5, 0.6) is 0 Å². The fourth-order valence-electron chi connectivity index (χ4n) is 1.96. The Morgan fingerprint density at radius 3 is 2.43 bits per heavy atom. The minimum atomic E-state index is -0.325. The third kappa shape index (κ3) is 3.67. The lowest BCUT2D eigenvalue weighted by molar-refractivity contribution is 0.102. The molecule has 1 aromatic heterocycles. The van der Waals surface area contributed by atoms with E-state index in [-0.39, 0.29) is 5.91 Å². The molecule has 0 saturated carbocycles. The van der Waals surface area contributed by atoms with Gasteiger partial charge in [-0.3, -0.25) is 4.79 Å². The topological polar surface area (TPSA) is 46.9 Å². The zero-order valence-corrected chi connectivity index (χ0v) is 13.9. The van der Waals surface area contributed by atoms with Crippen molar-refractivity contribution in [2.45, 2.75) is 0 Å². The average molecular weight is 367 g/mol. The van der Waals surface area contributed by atoms with Crippen LogP contribution in [-0.4, -0.2) is 15.7 Å². The number of rotatable bonds is 3. The molecule has 3 aromatic rings. The molecular weight excluding hydrogens is 357 g/mol. The summed E-state index contributed by atoms with van der Waals surface area (Å²) in [6, 6.07) is 12.0. The van der Waals surface area contributed by atoms with Crippen LogP contribution in [0.15, 0.2) is 54.9 Å². The summed E-state index contributed by atoms with van der Waals surface area (Å²) < 4.78 is 1.59. The molecule has 0 aliphatic heterocycles. The first-order valence-corrected chi connectivity index (χ1v) is 7.73. The van der Waals surface area contributed by atoms with Crippen molar-refractivity contribution in [3.05, 3.63) is 75.5 Å². The first-order valence-electron chi connectivity index (χ1n) is 6.60. The van der Waals surface area contributed by atoms with Gasteiger partial charge in [0, 0.05) is 16.2 Å². The quantitative estimate of drug-likeness (QED) is 0.702. The second kappa shape index (κ2) is 6.62. The molecular formula is C16H10Cl3N3O. The molecule has 0 aliphatic rings. The molecule has 0 radical (unpaired) electrons. The lowest BCUT2D eigenvalue weighted by atomic mass is 10.3. The third-order valence-electron chi connectivity index (χ3n) is 3.11. The first-order chi connectivity index (χ1) is 11.0. The van der Waals surface area contributed by atoms with Crippen molar-refractivity contribution in [1.29, 1.82) is 0 Å². The minimum Gasteiger partial charge on any atom is -0.320 e. The van der Waals surface area contributed by atoms with Gasteiger partial charge in [0.05, 0.1) is 28.2 Å². The molecule has 7 heteroatoms. The van der Waals surface area contributed by atoms with E-state index in [9.17, 15) is 4.79 Å². The Morgan fingerprint density at radius 1 is 1.00 bits per heavy atom. The van der Waals surface area contributed by atoms with Crippen molar-refractivity contribution >= 4 is 46.4 Å². The van der Waals surface area contributed by atoms with Gasteiger partial charge in [0.2, 0.25) is 0 Å². The van der Waals surface area contributed by atoms with Crippen LogP contribution in [0.25, 0.3) is 5.69 Å². The average Bonchev–Trinajstić information content (AvgIpc) is 3.02. The maximum atomic E-state index is 12.3. The Morgan fingerprint density at radius 2 is 1.70 bits per heavy atom. The normalized spacial score (nSPS) is 10.6. The van der Waals surface area contributed by atoms with Crippen molar-refractivity contribution in [2.75, 3.05) is 5.32 Å². The summed E-state index contributed by atoms with van der Waals surface area (Å²) in [5, 5.41) is 8.42. The van der Waals surface area contributed by atoms with E-state index in [1.54, 1.807) is 41.2 Å². The van der Waals surface area contributed by atoms with E-state index < -0.39 is 0 Å². The van der Waals surface area contributed by atoms with Crippen LogP contribution in [0.4, 0.5) is 5.69 Å². The maximum absolute atomic E-state index is 12.3. The molecule has 23 heavy (non-hydrogen) atoms. The third-order valence-corrected chi connectivity index (χ3v) is 3.93. The molecule has 0 fully saturated rings. The summed E-state index contributed by atoms with van der Waals surface area (Å²) >= 11 is 17.8. The van der Waals surface area contributed by atoms with Gasteiger partial charge in [0.15, 0.2) is 0 Å². The zero-order valence-electron chi connectivity index (χ0n) is 11.6. The highest BCUT2D eigenvalue weighted by Gasteiger charge is 2.12. The zero-order chi connectivity index (χ0) is 16.4. The summed E-state index contributed by atoms with van der Waals surface area (Å²) in [4.78, 5) is 12.3. The molecule has 1 heterocycles. The summed E-state index contributed by atoms with van der Waals surface area (Å²) in [6.45, 7) is 0. The smallest absolute Gasteiger partial charge is 0.258 e. The van der Waals surface area contributed by atoms with E-state index in [0.29, 0.717) is 26.3 Å². The van der Waals surface area contributed by atoms with Gasteiger partial charge in [-0.1, -0.05) is 34.8 Å². The Labute approximate surface area is 147 Å². The number of anilines is 1. The van der Waals surface area contributed by atoms with E-state index in [1.807, 2.05) is 12.1 Å². The Hall–Kier alpha value is -2.01. The minimum absolute atomic E-state index is 0.325. The van der Waals surface area contributed by atoms with Gasteiger partial charge in [0.25, 0.3) is 5.91 Å². The number of benzene rings is 2. The summed E-state index contributed by atoms with van der Waals surface area (Å²) in [6.07, 6.45) is 3.10. The molecule has 0 saturated heterocycles. The van der Waals surface area contributed by atoms with Crippen LogP contribution in [0.1, 0.15) is 10.4 Å². The summed E-state index contributed by atoms with van der Waals surface area (Å²) in [7, 11) is 0. The molecule has 1 amide bonds. The monoisotopic (exact) mass is 365 g/mol. The van der Waals surface area contributed by atoms with Gasteiger partial charge in [-0.05, 0) is 42.5 Å². The lowest BCUT2D eigenvalue weighted by Crippen LogP contribution is -2.11. The highest BCUT2D eigenvalue weighted by molar-refractivity contribution is 6.35. The highest BCUT2D eigenvalue weighted by atomic mass is 35.5. The maximum Gasteiger partial charge on any atom is 0.258 e. The number of nitrogens with one attached hydrogen (secondary N) is 1. The Balaban J connectivity index is 1.81. The van der Waals surface area contributed by atoms with Gasteiger partial charge in [-0.25, -0.2) is 4.68 Å². The fraction of sp³-hybridized carbons (Fsp3) is 0. The molecule has 1 N–H and O–H groups in total. The SMILES string of the molecule is O=C(Nc1cc(Cl)ccc1Cl)c1cnn(-c2ccc(Cl)cc2)c1. The molecule has 0 bridgehead atoms. The molecule has 3 rings (SSSR count). The van der Waals surface area contributed by atoms with Gasteiger partial charge in [-0.15, -0.1) is 0 Å². The number of halogens is 3. The van der Waals surface area contributed by atoms with Crippen molar-refractivity contribution < 1.29 is 4.79 Å². The van der Waals surface area contributed by atoms with Crippen molar-refractivity contribution in [3.8, 4) is 5.69 Å². The Bertz CT molecular complexity index is 859. The van der Waals surface area contributed by atoms with Crippen LogP contribution < -0.4 is 5.32 Å². The van der Waals surface area contributed by atoms with Crippen LogP contribution in [0, 0.1) is 0 Å². The number of amides is 1. The van der Waals surface area contributed by atoms with Crippen LogP contribution in [0.2, 0.25) is 15.1 Å². The summed E-state index contributed by atoms with van der Waals surface area (Å²) in [5.41, 5.74) is 1.65. The number of hydrogen-bond acceptors (Lipinski definition) is 2. The predicted octanol–water partition coefficient (Wildman–Crippen LogP) is 5.08. The molecule has 0 aliphatic carbocycles. The molecule has 0 atom stereocenters. The number of aromatic nitrogens is 2. The molecule has 2 aromatic carbocycles. The van der Waals surface area contributed by atoms with E-state index in [4.69, 9.17) is 34.8 Å². The van der Waals surface area contributed by atoms with E-state index in [1.165, 1.54) is 6.20 Å². The fourth-order valence-corrected chi connectivity index (χ4v) is 2.43. The first kappa shape index (κ1) is 15.9. The number of carbonyl (C=O) groups is 1. The molecule has 0 spiro atoms. The van der Waals surface area contributed by atoms with Gasteiger partial charge < -0.3 is 5.32 Å². The molecule has 116 valence electrons. The lowest BCUT2D eigenvalue weighted by Gasteiger charge is -2.06. The van der Waals surface area contributed by atoms with Crippen LogP contribution in [0.3, 0.4) is 0 Å². The van der Waals surface area contributed by atoms with Crippen molar-refractivity contribution in [1.82, 2.24) is 9.78 Å². The largest absolute Gasteiger partial charge is 0.320 e. The van der Waals surface area contributed by atoms with Crippen LogP contribution >= 0.6 is 34.8 Å². The number of hydrogen-bond donors (Lipinski definition) is 1. The second-order valence-electron chi connectivity index (χ2n) is 4.73. The van der Waals surface area contributed by atoms with Gasteiger partial charge in [0.1, 0.15) is 0 Å². The van der Waals surface area contributed by atoms with Crippen molar-refractivity contribution in [2.24, 2.45) is 0 Å². The van der Waals surface area contributed by atoms with Gasteiger partial charge >= 0.3 is 0 Å². The van der Waals surface area contributed by atoms with E-state index in [2.05, 4.69) is 10.4 Å². The van der Waals surface area contributed by atoms with Crippen molar-refractivity contribution in [3.63, 3.8) is 0 Å².